The summed E-state index contributed by atoms with van der Waals surface area (Å²) in [6.07, 6.45) is 2.39. The van der Waals surface area contributed by atoms with Crippen molar-refractivity contribution in [2.45, 2.75) is 39.7 Å². The Labute approximate surface area is 103 Å². The number of nitrogens with zero attached hydrogens (tertiary/aromatic N) is 3. The van der Waals surface area contributed by atoms with Crippen LogP contribution in [0.3, 0.4) is 0 Å². The highest BCUT2D eigenvalue weighted by Gasteiger charge is 2.30. The SMILES string of the molecule is CCC[C@H]1CN(c2nc(C)cc(C)n2)C[C@@H]1N. The molecule has 1 aliphatic heterocycles. The Hall–Kier alpha value is -1.16. The first-order chi connectivity index (χ1) is 8.10. The first-order valence-electron chi connectivity index (χ1n) is 6.43. The second-order valence-corrected chi connectivity index (χ2v) is 5.07. The molecule has 0 aliphatic carbocycles. The highest BCUT2D eigenvalue weighted by atomic mass is 15.3. The van der Waals surface area contributed by atoms with Crippen LogP contribution in [0.1, 0.15) is 31.2 Å². The van der Waals surface area contributed by atoms with Crippen molar-refractivity contribution in [2.24, 2.45) is 11.7 Å². The number of rotatable bonds is 3. The summed E-state index contributed by atoms with van der Waals surface area (Å²) in [6, 6.07) is 2.27. The summed E-state index contributed by atoms with van der Waals surface area (Å²) in [7, 11) is 0. The highest BCUT2D eigenvalue weighted by Crippen LogP contribution is 2.23. The number of hydrogen-bond donors (Lipinski definition) is 1. The van der Waals surface area contributed by atoms with Crippen molar-refractivity contribution in [3.63, 3.8) is 0 Å². The lowest BCUT2D eigenvalue weighted by atomic mass is 9.99. The van der Waals surface area contributed by atoms with Crippen LogP contribution in [0.4, 0.5) is 5.95 Å². The molecule has 0 bridgehead atoms. The lowest BCUT2D eigenvalue weighted by molar-refractivity contribution is 0.472. The number of nitrogens with two attached hydrogens (primary N) is 1. The Bertz CT molecular complexity index is 371. The molecule has 0 spiro atoms. The zero-order valence-corrected chi connectivity index (χ0v) is 11.0. The molecule has 0 amide bonds. The molecule has 1 aromatic rings. The third-order valence-electron chi connectivity index (χ3n) is 3.40. The van der Waals surface area contributed by atoms with E-state index in [2.05, 4.69) is 21.8 Å². The van der Waals surface area contributed by atoms with Gasteiger partial charge in [0.15, 0.2) is 0 Å². The molecule has 1 aromatic heterocycles. The number of aromatic nitrogens is 2. The Morgan fingerprint density at radius 2 is 1.94 bits per heavy atom. The molecule has 4 nitrogen and oxygen atoms in total. The van der Waals surface area contributed by atoms with Crippen molar-refractivity contribution < 1.29 is 0 Å². The maximum atomic E-state index is 6.17. The predicted octanol–water partition coefficient (Wildman–Crippen LogP) is 1.66. The van der Waals surface area contributed by atoms with Gasteiger partial charge in [-0.15, -0.1) is 0 Å². The van der Waals surface area contributed by atoms with Crippen LogP contribution >= 0.6 is 0 Å². The van der Waals surface area contributed by atoms with Crippen LogP contribution < -0.4 is 10.6 Å². The molecule has 1 aliphatic rings. The molecule has 17 heavy (non-hydrogen) atoms. The van der Waals surface area contributed by atoms with Crippen molar-refractivity contribution in [3.8, 4) is 0 Å². The minimum absolute atomic E-state index is 0.263. The van der Waals surface area contributed by atoms with Crippen LogP contribution in [0, 0.1) is 19.8 Å². The fourth-order valence-electron chi connectivity index (χ4n) is 2.58. The van der Waals surface area contributed by atoms with E-state index in [1.165, 1.54) is 12.8 Å². The fraction of sp³-hybridized carbons (Fsp3) is 0.692. The molecule has 4 heteroatoms. The monoisotopic (exact) mass is 234 g/mol. The van der Waals surface area contributed by atoms with Gasteiger partial charge in [-0.25, -0.2) is 9.97 Å². The maximum absolute atomic E-state index is 6.17. The Morgan fingerprint density at radius 3 is 2.53 bits per heavy atom. The Kier molecular flexibility index (Phi) is 3.62. The van der Waals surface area contributed by atoms with Gasteiger partial charge in [0.2, 0.25) is 5.95 Å². The van der Waals surface area contributed by atoms with Crippen LogP contribution in [-0.4, -0.2) is 29.1 Å². The van der Waals surface area contributed by atoms with E-state index in [-0.39, 0.29) is 6.04 Å². The van der Waals surface area contributed by atoms with E-state index >= 15 is 0 Å². The largest absolute Gasteiger partial charge is 0.339 e. The zero-order chi connectivity index (χ0) is 12.4. The summed E-state index contributed by atoms with van der Waals surface area (Å²) in [5.74, 6) is 1.43. The Balaban J connectivity index is 2.13. The van der Waals surface area contributed by atoms with Crippen molar-refractivity contribution in [1.82, 2.24) is 9.97 Å². The summed E-state index contributed by atoms with van der Waals surface area (Å²) < 4.78 is 0. The maximum Gasteiger partial charge on any atom is 0.225 e. The lowest BCUT2D eigenvalue weighted by Gasteiger charge is -2.16. The number of anilines is 1. The minimum atomic E-state index is 0.263. The molecule has 2 heterocycles. The number of aryl methyl sites for hydroxylation is 2. The first kappa shape index (κ1) is 12.3. The first-order valence-corrected chi connectivity index (χ1v) is 6.43. The van der Waals surface area contributed by atoms with Crippen LogP contribution in [-0.2, 0) is 0 Å². The van der Waals surface area contributed by atoms with E-state index in [0.29, 0.717) is 5.92 Å². The third-order valence-corrected chi connectivity index (χ3v) is 3.40. The summed E-state index contributed by atoms with van der Waals surface area (Å²) in [6.45, 7) is 8.11. The van der Waals surface area contributed by atoms with Crippen molar-refractivity contribution in [2.75, 3.05) is 18.0 Å². The van der Waals surface area contributed by atoms with Gasteiger partial charge in [-0.1, -0.05) is 13.3 Å². The van der Waals surface area contributed by atoms with Crippen LogP contribution in [0.25, 0.3) is 0 Å². The quantitative estimate of drug-likeness (QED) is 0.864. The lowest BCUT2D eigenvalue weighted by Crippen LogP contribution is -2.30. The van der Waals surface area contributed by atoms with E-state index in [0.717, 1.165) is 30.4 Å². The summed E-state index contributed by atoms with van der Waals surface area (Å²) in [5, 5.41) is 0. The molecule has 0 saturated carbocycles. The highest BCUT2D eigenvalue weighted by molar-refractivity contribution is 5.34. The van der Waals surface area contributed by atoms with Gasteiger partial charge in [0.05, 0.1) is 0 Å². The molecule has 1 fully saturated rings. The molecule has 2 atom stereocenters. The topological polar surface area (TPSA) is 55.0 Å². The smallest absolute Gasteiger partial charge is 0.225 e. The third kappa shape index (κ3) is 2.75. The van der Waals surface area contributed by atoms with Crippen LogP contribution in [0.2, 0.25) is 0 Å². The van der Waals surface area contributed by atoms with Crippen molar-refractivity contribution in [3.05, 3.63) is 17.5 Å². The van der Waals surface area contributed by atoms with E-state index in [1.807, 2.05) is 19.9 Å². The van der Waals surface area contributed by atoms with E-state index in [4.69, 9.17) is 5.73 Å². The van der Waals surface area contributed by atoms with Gasteiger partial charge in [0.1, 0.15) is 0 Å². The molecular formula is C13H22N4. The second-order valence-electron chi connectivity index (χ2n) is 5.07. The van der Waals surface area contributed by atoms with Gasteiger partial charge < -0.3 is 10.6 Å². The number of hydrogen-bond acceptors (Lipinski definition) is 4. The van der Waals surface area contributed by atoms with Gasteiger partial charge in [-0.05, 0) is 32.3 Å². The van der Waals surface area contributed by atoms with Crippen LogP contribution in [0.5, 0.6) is 0 Å². The molecule has 2 rings (SSSR count). The second kappa shape index (κ2) is 5.00. The Morgan fingerprint density at radius 1 is 1.29 bits per heavy atom. The summed E-state index contributed by atoms with van der Waals surface area (Å²) in [4.78, 5) is 11.2. The zero-order valence-electron chi connectivity index (χ0n) is 11.0. The van der Waals surface area contributed by atoms with Gasteiger partial charge in [0.25, 0.3) is 0 Å². The summed E-state index contributed by atoms with van der Waals surface area (Å²) in [5.41, 5.74) is 8.23. The average molecular weight is 234 g/mol. The van der Waals surface area contributed by atoms with Crippen molar-refractivity contribution in [1.29, 1.82) is 0 Å². The normalized spacial score (nSPS) is 24.4. The molecule has 0 radical (unpaired) electrons. The van der Waals surface area contributed by atoms with E-state index in [1.54, 1.807) is 0 Å². The van der Waals surface area contributed by atoms with Gasteiger partial charge in [-0.2, -0.15) is 0 Å². The molecule has 0 aromatic carbocycles. The van der Waals surface area contributed by atoms with E-state index < -0.39 is 0 Å². The predicted molar refractivity (Wildman–Crippen MR) is 70.1 cm³/mol. The van der Waals surface area contributed by atoms with Crippen LogP contribution in [0.15, 0.2) is 6.07 Å². The van der Waals surface area contributed by atoms with Gasteiger partial charge in [-0.3, -0.25) is 0 Å². The van der Waals surface area contributed by atoms with E-state index in [9.17, 15) is 0 Å². The average Bonchev–Trinajstić information content (AvgIpc) is 2.60. The standard InChI is InChI=1S/C13H22N4/c1-4-5-11-7-17(8-12(11)14)13-15-9(2)6-10(3)16-13/h6,11-12H,4-5,7-8,14H2,1-3H3/t11-,12-/m0/s1. The minimum Gasteiger partial charge on any atom is -0.339 e. The van der Waals surface area contributed by atoms with Gasteiger partial charge in [0, 0.05) is 30.5 Å². The molecule has 94 valence electrons. The van der Waals surface area contributed by atoms with Crippen molar-refractivity contribution >= 4 is 5.95 Å². The fourth-order valence-corrected chi connectivity index (χ4v) is 2.58. The van der Waals surface area contributed by atoms with Gasteiger partial charge >= 0.3 is 0 Å². The summed E-state index contributed by atoms with van der Waals surface area (Å²) >= 11 is 0. The molecule has 0 unspecified atom stereocenters. The molecule has 2 N–H and O–H groups in total. The molecule has 1 saturated heterocycles. The molecular weight excluding hydrogens is 212 g/mol.